The molecule has 12 heteroatoms. The molecule has 178 valence electrons. The van der Waals surface area contributed by atoms with Gasteiger partial charge in [0.1, 0.15) is 34.1 Å². The van der Waals surface area contributed by atoms with Gasteiger partial charge in [0, 0.05) is 17.2 Å². The van der Waals surface area contributed by atoms with Crippen LogP contribution in [0.5, 0.6) is 0 Å². The van der Waals surface area contributed by atoms with Crippen LogP contribution in [0.2, 0.25) is 0 Å². The number of alkyl halides is 3. The van der Waals surface area contributed by atoms with E-state index < -0.39 is 53.3 Å². The number of amidine groups is 1. The van der Waals surface area contributed by atoms with Gasteiger partial charge in [-0.15, -0.1) is 0 Å². The van der Waals surface area contributed by atoms with Gasteiger partial charge >= 0.3 is 6.18 Å². The topological polar surface area (TPSA) is 113 Å². The fourth-order valence-corrected chi connectivity index (χ4v) is 4.37. The average Bonchev–Trinajstić information content (AvgIpc) is 3.14. The van der Waals surface area contributed by atoms with Gasteiger partial charge in [-0.3, -0.25) is 9.79 Å². The molecule has 7 nitrogen and oxygen atoms in total. The lowest BCUT2D eigenvalue weighted by atomic mass is 9.66. The Hall–Kier alpha value is -3.59. The minimum absolute atomic E-state index is 0.0403. The number of carbonyl (C=O) groups excluding carboxylic acids is 1. The van der Waals surface area contributed by atoms with Crippen molar-refractivity contribution in [2.75, 3.05) is 11.9 Å². The molecule has 1 aromatic heterocycles. The summed E-state index contributed by atoms with van der Waals surface area (Å²) in [6.45, 7) is 0.738. The third kappa shape index (κ3) is 3.86. The number of rotatable bonds is 3. The Kier molecular flexibility index (Phi) is 5.56. The number of benzene rings is 1. The molecule has 2 aliphatic rings. The van der Waals surface area contributed by atoms with Crippen LogP contribution in [0.3, 0.4) is 0 Å². The molecule has 2 aliphatic heterocycles. The Morgan fingerprint density at radius 1 is 1.29 bits per heavy atom. The number of hydrogen-bond donors (Lipinski definition) is 2. The van der Waals surface area contributed by atoms with E-state index in [4.69, 9.17) is 10.5 Å². The molecule has 0 saturated carbocycles. The largest absolute Gasteiger partial charge is 0.415 e. The number of nitrogens with zero attached hydrogens (tertiary/aromatic N) is 3. The lowest BCUT2D eigenvalue weighted by Crippen LogP contribution is -2.51. The predicted octanol–water partition coefficient (Wildman–Crippen LogP) is 3.68. The lowest BCUT2D eigenvalue weighted by Gasteiger charge is -2.42. The van der Waals surface area contributed by atoms with Crippen molar-refractivity contribution >= 4 is 17.4 Å². The minimum atomic E-state index is -4.79. The number of anilines is 1. The number of fused-ring (bicyclic) bond motifs is 1. The first-order chi connectivity index (χ1) is 15.9. The molecule has 1 aromatic carbocycles. The number of aliphatic imine (C=N–C) groups is 1. The van der Waals surface area contributed by atoms with Crippen LogP contribution in [-0.4, -0.2) is 35.6 Å². The number of halogens is 5. The lowest BCUT2D eigenvalue weighted by molar-refractivity contribution is -0.218. The highest BCUT2D eigenvalue weighted by atomic mass is 19.4. The highest BCUT2D eigenvalue weighted by Crippen LogP contribution is 2.55. The summed E-state index contributed by atoms with van der Waals surface area (Å²) in [6, 6.07) is 7.39. The second kappa shape index (κ2) is 8.02. The number of nitrogens with two attached hydrogens (primary N) is 1. The number of pyridine rings is 1. The van der Waals surface area contributed by atoms with E-state index in [1.807, 2.05) is 6.07 Å². The van der Waals surface area contributed by atoms with Gasteiger partial charge in [0.25, 0.3) is 5.91 Å². The van der Waals surface area contributed by atoms with E-state index in [0.29, 0.717) is 0 Å². The predicted molar refractivity (Wildman–Crippen MR) is 109 cm³/mol. The molecular weight excluding hydrogens is 461 g/mol. The summed E-state index contributed by atoms with van der Waals surface area (Å²) in [5.41, 5.74) is 2.26. The molecule has 4 rings (SSSR count). The van der Waals surface area contributed by atoms with Gasteiger partial charge in [-0.2, -0.15) is 18.4 Å². The van der Waals surface area contributed by atoms with E-state index in [0.717, 1.165) is 30.5 Å². The first kappa shape index (κ1) is 23.6. The van der Waals surface area contributed by atoms with Crippen molar-refractivity contribution in [3.63, 3.8) is 0 Å². The van der Waals surface area contributed by atoms with Crippen LogP contribution < -0.4 is 11.1 Å². The molecule has 0 aliphatic carbocycles. The molecule has 0 unspecified atom stereocenters. The summed E-state index contributed by atoms with van der Waals surface area (Å²) in [5, 5.41) is 12.0. The SMILES string of the molecule is C[C@]1(C#N)C[C@@H]2[C@@H](C(F)(F)F)OC[C@]2(c2cc(NC(=O)c3ccc(F)cn3)ccc2F)N=C1N. The number of aromatic nitrogens is 1. The fraction of sp³-hybridized carbons (Fsp3) is 0.364. The second-order valence-corrected chi connectivity index (χ2v) is 8.46. The van der Waals surface area contributed by atoms with Crippen molar-refractivity contribution < 1.29 is 31.5 Å². The molecule has 1 amide bonds. The fourth-order valence-electron chi connectivity index (χ4n) is 4.37. The monoisotopic (exact) mass is 479 g/mol. The summed E-state index contributed by atoms with van der Waals surface area (Å²) in [4.78, 5) is 20.3. The second-order valence-electron chi connectivity index (χ2n) is 8.46. The Labute approximate surface area is 190 Å². The number of nitriles is 1. The van der Waals surface area contributed by atoms with Crippen LogP contribution in [0.15, 0.2) is 41.5 Å². The number of ether oxygens (including phenoxy) is 1. The molecule has 3 heterocycles. The first-order valence-electron chi connectivity index (χ1n) is 10.1. The van der Waals surface area contributed by atoms with Crippen LogP contribution in [0.25, 0.3) is 0 Å². The summed E-state index contributed by atoms with van der Waals surface area (Å²) in [6.07, 6.45) is -6.61. The van der Waals surface area contributed by atoms with Crippen LogP contribution in [0, 0.1) is 34.3 Å². The number of hydrogen-bond acceptors (Lipinski definition) is 6. The first-order valence-corrected chi connectivity index (χ1v) is 10.1. The third-order valence-corrected chi connectivity index (χ3v) is 6.20. The standard InChI is InChI=1S/C22H18F5N5O2/c1-20(9-28)7-14-17(22(25,26)27)34-10-21(14,32-19(20)29)13-6-12(3-4-15(13)24)31-18(33)16-5-2-11(23)8-30-16/h2-6,8,14,17H,7,10H2,1H3,(H2,29,32)(H,31,33)/t14-,17+,20-,21-/m1/s1. The van der Waals surface area contributed by atoms with E-state index in [1.54, 1.807) is 0 Å². The highest BCUT2D eigenvalue weighted by molar-refractivity contribution is 6.02. The third-order valence-electron chi connectivity index (χ3n) is 6.20. The van der Waals surface area contributed by atoms with Crippen LogP contribution in [0.1, 0.15) is 29.4 Å². The van der Waals surface area contributed by atoms with Crippen molar-refractivity contribution in [2.24, 2.45) is 22.1 Å². The van der Waals surface area contributed by atoms with Crippen LogP contribution >= 0.6 is 0 Å². The van der Waals surface area contributed by atoms with Gasteiger partial charge < -0.3 is 15.8 Å². The molecule has 0 spiro atoms. The Balaban J connectivity index is 1.78. The molecule has 2 aromatic rings. The average molecular weight is 479 g/mol. The maximum absolute atomic E-state index is 15.0. The van der Waals surface area contributed by atoms with Gasteiger partial charge in [-0.05, 0) is 43.7 Å². The quantitative estimate of drug-likeness (QED) is 0.653. The summed E-state index contributed by atoms with van der Waals surface area (Å²) in [7, 11) is 0. The zero-order valence-corrected chi connectivity index (χ0v) is 17.7. The number of carbonyl (C=O) groups is 1. The van der Waals surface area contributed by atoms with E-state index in [2.05, 4.69) is 15.3 Å². The number of nitrogens with one attached hydrogen (secondary N) is 1. The molecular formula is C22H18F5N5O2. The van der Waals surface area contributed by atoms with Crippen molar-refractivity contribution in [3.8, 4) is 6.07 Å². The number of amides is 1. The zero-order chi connectivity index (χ0) is 24.9. The molecule has 1 saturated heterocycles. The van der Waals surface area contributed by atoms with Gasteiger partial charge in [0.2, 0.25) is 0 Å². The molecule has 1 fully saturated rings. The van der Waals surface area contributed by atoms with Crippen LogP contribution in [0.4, 0.5) is 27.6 Å². The Morgan fingerprint density at radius 2 is 2.03 bits per heavy atom. The normalized spacial score (nSPS) is 28.6. The van der Waals surface area contributed by atoms with Crippen LogP contribution in [-0.2, 0) is 10.3 Å². The smallest absolute Gasteiger partial charge is 0.386 e. The van der Waals surface area contributed by atoms with Crippen molar-refractivity contribution in [1.82, 2.24) is 4.98 Å². The highest BCUT2D eigenvalue weighted by Gasteiger charge is 2.64. The zero-order valence-electron chi connectivity index (χ0n) is 17.7. The minimum Gasteiger partial charge on any atom is -0.386 e. The molecule has 34 heavy (non-hydrogen) atoms. The van der Waals surface area contributed by atoms with E-state index in [9.17, 15) is 27.6 Å². The molecule has 0 radical (unpaired) electrons. The maximum Gasteiger partial charge on any atom is 0.415 e. The molecule has 3 N–H and O–H groups in total. The van der Waals surface area contributed by atoms with E-state index in [1.165, 1.54) is 13.0 Å². The van der Waals surface area contributed by atoms with E-state index in [-0.39, 0.29) is 29.2 Å². The van der Waals surface area contributed by atoms with Crippen molar-refractivity contribution in [1.29, 1.82) is 5.26 Å². The Morgan fingerprint density at radius 3 is 2.65 bits per heavy atom. The summed E-state index contributed by atoms with van der Waals surface area (Å²) < 4.78 is 74.5. The van der Waals surface area contributed by atoms with Gasteiger partial charge in [0.15, 0.2) is 6.10 Å². The Bertz CT molecular complexity index is 1210. The maximum atomic E-state index is 15.0. The van der Waals surface area contributed by atoms with Gasteiger partial charge in [-0.1, -0.05) is 0 Å². The van der Waals surface area contributed by atoms with Crippen molar-refractivity contribution in [2.45, 2.75) is 31.2 Å². The molecule has 4 atom stereocenters. The van der Waals surface area contributed by atoms with Gasteiger partial charge in [-0.25, -0.2) is 13.8 Å². The van der Waals surface area contributed by atoms with E-state index >= 15 is 4.39 Å². The molecule has 0 bridgehead atoms. The van der Waals surface area contributed by atoms with Crippen molar-refractivity contribution in [3.05, 3.63) is 59.4 Å². The summed E-state index contributed by atoms with van der Waals surface area (Å²) in [5.74, 6) is -3.95. The summed E-state index contributed by atoms with van der Waals surface area (Å²) >= 11 is 0. The van der Waals surface area contributed by atoms with Gasteiger partial charge in [0.05, 0.1) is 18.9 Å².